The van der Waals surface area contributed by atoms with Crippen LogP contribution in [0.2, 0.25) is 0 Å². The number of nitrogens with one attached hydrogen (secondary N) is 2. The van der Waals surface area contributed by atoms with Gasteiger partial charge in [-0.05, 0) is 49.8 Å². The lowest BCUT2D eigenvalue weighted by Crippen LogP contribution is -2.53. The van der Waals surface area contributed by atoms with Crippen molar-refractivity contribution in [2.45, 2.75) is 42.2 Å². The lowest BCUT2D eigenvalue weighted by Gasteiger charge is -2.39. The van der Waals surface area contributed by atoms with Gasteiger partial charge in [0.15, 0.2) is 0 Å². The number of likely N-dealkylation sites (tertiary alicyclic amines) is 1. The third-order valence-corrected chi connectivity index (χ3v) is 8.12. The Balaban J connectivity index is 1.28. The fourth-order valence-electron chi connectivity index (χ4n) is 4.77. The third kappa shape index (κ3) is 3.18. The number of para-hydroxylation sites is 1. The number of carbonyl (C=O) groups is 1. The topological polar surface area (TPSA) is 78.5 Å². The van der Waals surface area contributed by atoms with Crippen LogP contribution in [0.25, 0.3) is 0 Å². The maximum Gasteiger partial charge on any atom is 0.244 e. The zero-order valence-electron chi connectivity index (χ0n) is 16.5. The van der Waals surface area contributed by atoms with Crippen molar-refractivity contribution in [2.24, 2.45) is 5.92 Å². The van der Waals surface area contributed by atoms with Crippen LogP contribution >= 0.6 is 0 Å². The fourth-order valence-corrected chi connectivity index (χ4v) is 6.16. The Hall–Kier alpha value is -2.45. The summed E-state index contributed by atoms with van der Waals surface area (Å²) in [5, 5.41) is 3.30. The Morgan fingerprint density at radius 2 is 1.70 bits per heavy atom. The van der Waals surface area contributed by atoms with Crippen molar-refractivity contribution in [3.8, 4) is 0 Å². The van der Waals surface area contributed by atoms with Gasteiger partial charge in [-0.25, -0.2) is 12.8 Å². The van der Waals surface area contributed by atoms with Gasteiger partial charge >= 0.3 is 0 Å². The number of rotatable bonds is 3. The molecule has 3 aliphatic rings. The zero-order chi connectivity index (χ0) is 20.9. The van der Waals surface area contributed by atoms with Crippen molar-refractivity contribution in [2.75, 3.05) is 18.4 Å². The number of halogens is 1. The molecule has 158 valence electrons. The molecule has 2 N–H and O–H groups in total. The second-order valence-corrected chi connectivity index (χ2v) is 10.1. The molecular weight excluding hydrogens is 405 g/mol. The molecule has 5 rings (SSSR count). The molecule has 0 spiro atoms. The van der Waals surface area contributed by atoms with E-state index in [9.17, 15) is 17.6 Å². The molecule has 1 atom stereocenters. The lowest BCUT2D eigenvalue weighted by molar-refractivity contribution is -0.135. The van der Waals surface area contributed by atoms with Crippen LogP contribution in [0.15, 0.2) is 53.4 Å². The largest absolute Gasteiger partial charge is 0.368 e. The molecule has 2 heterocycles. The summed E-state index contributed by atoms with van der Waals surface area (Å²) in [7, 11) is -3.56. The maximum absolute atomic E-state index is 14.3. The number of hydrogen-bond acceptors (Lipinski definition) is 4. The molecule has 1 saturated heterocycles. The molecule has 1 saturated carbocycles. The normalized spacial score (nSPS) is 24.6. The van der Waals surface area contributed by atoms with E-state index in [1.165, 1.54) is 6.07 Å². The Kier molecular flexibility index (Phi) is 4.59. The monoisotopic (exact) mass is 429 g/mol. The summed E-state index contributed by atoms with van der Waals surface area (Å²) in [5.74, 6) is -0.257. The smallest absolute Gasteiger partial charge is 0.244 e. The molecule has 2 fully saturated rings. The van der Waals surface area contributed by atoms with E-state index in [4.69, 9.17) is 0 Å². The molecule has 0 bridgehead atoms. The van der Waals surface area contributed by atoms with Gasteiger partial charge in [0, 0.05) is 18.7 Å². The summed E-state index contributed by atoms with van der Waals surface area (Å²) in [6.07, 6.45) is 2.31. The van der Waals surface area contributed by atoms with Crippen LogP contribution < -0.4 is 10.0 Å². The average Bonchev–Trinajstić information content (AvgIpc) is 3.55. The van der Waals surface area contributed by atoms with Crippen LogP contribution in [-0.2, 0) is 20.2 Å². The summed E-state index contributed by atoms with van der Waals surface area (Å²) in [6.45, 7) is 1.09. The minimum atomic E-state index is -3.56. The number of sulfonamides is 1. The minimum Gasteiger partial charge on any atom is -0.368 e. The summed E-state index contributed by atoms with van der Waals surface area (Å²) in [5.41, 5.74) is 0.383. The minimum absolute atomic E-state index is 0.00594. The van der Waals surface area contributed by atoms with Crippen molar-refractivity contribution in [3.05, 3.63) is 59.9 Å². The van der Waals surface area contributed by atoms with Gasteiger partial charge in [-0.15, -0.1) is 0 Å². The summed E-state index contributed by atoms with van der Waals surface area (Å²) >= 11 is 0. The summed E-state index contributed by atoms with van der Waals surface area (Å²) in [6, 6.07) is 13.4. The van der Waals surface area contributed by atoms with E-state index >= 15 is 0 Å². The lowest BCUT2D eigenvalue weighted by atomic mass is 9.90. The quantitative estimate of drug-likeness (QED) is 0.787. The van der Waals surface area contributed by atoms with Crippen molar-refractivity contribution < 1.29 is 17.6 Å². The number of hydrogen-bond donors (Lipinski definition) is 2. The van der Waals surface area contributed by atoms with Crippen molar-refractivity contribution in [1.29, 1.82) is 0 Å². The molecule has 2 aromatic rings. The number of piperidine rings is 1. The third-order valence-electron chi connectivity index (χ3n) is 6.62. The predicted octanol–water partition coefficient (Wildman–Crippen LogP) is 2.83. The van der Waals surface area contributed by atoms with E-state index in [0.29, 0.717) is 50.0 Å². The zero-order valence-corrected chi connectivity index (χ0v) is 17.3. The molecule has 0 unspecified atom stereocenters. The molecule has 8 heteroatoms. The molecule has 2 aromatic carbocycles. The SMILES string of the molecule is O=C(N1CCC([C@@H]2Nc3ccccc3S(=O)(=O)N2)CC1)C1(c2ccccc2F)CC1. The highest BCUT2D eigenvalue weighted by Gasteiger charge is 2.54. The van der Waals surface area contributed by atoms with E-state index in [1.54, 1.807) is 36.4 Å². The highest BCUT2D eigenvalue weighted by molar-refractivity contribution is 7.89. The Labute approximate surface area is 175 Å². The van der Waals surface area contributed by atoms with Crippen LogP contribution in [0, 0.1) is 11.7 Å². The van der Waals surface area contributed by atoms with Gasteiger partial charge in [0.25, 0.3) is 0 Å². The predicted molar refractivity (Wildman–Crippen MR) is 111 cm³/mol. The van der Waals surface area contributed by atoms with Gasteiger partial charge in [-0.2, -0.15) is 4.72 Å². The van der Waals surface area contributed by atoms with Gasteiger partial charge in [-0.3, -0.25) is 4.79 Å². The van der Waals surface area contributed by atoms with Gasteiger partial charge in [0.2, 0.25) is 15.9 Å². The van der Waals surface area contributed by atoms with Gasteiger partial charge in [0.1, 0.15) is 10.7 Å². The highest BCUT2D eigenvalue weighted by atomic mass is 32.2. The molecule has 0 radical (unpaired) electrons. The van der Waals surface area contributed by atoms with Crippen LogP contribution in [0.4, 0.5) is 10.1 Å². The number of nitrogens with zero attached hydrogens (tertiary/aromatic N) is 1. The van der Waals surface area contributed by atoms with Crippen LogP contribution in [0.3, 0.4) is 0 Å². The molecular formula is C22H24FN3O3S. The Morgan fingerprint density at radius 3 is 2.40 bits per heavy atom. The van der Waals surface area contributed by atoms with E-state index < -0.39 is 21.6 Å². The second-order valence-electron chi connectivity index (χ2n) is 8.43. The second kappa shape index (κ2) is 7.06. The standard InChI is InChI=1S/C22H24FN3O3S/c23-17-6-2-1-5-16(17)22(11-12-22)21(27)26-13-9-15(10-14-26)20-24-18-7-3-4-8-19(18)30(28,29)25-20/h1-8,15,20,24-25H,9-14H2/t20-/m1/s1. The molecule has 30 heavy (non-hydrogen) atoms. The Morgan fingerprint density at radius 1 is 1.03 bits per heavy atom. The number of benzene rings is 2. The van der Waals surface area contributed by atoms with E-state index in [2.05, 4.69) is 10.0 Å². The average molecular weight is 430 g/mol. The van der Waals surface area contributed by atoms with Crippen molar-refractivity contribution in [1.82, 2.24) is 9.62 Å². The molecule has 6 nitrogen and oxygen atoms in total. The summed E-state index contributed by atoms with van der Waals surface area (Å²) < 4.78 is 42.2. The molecule has 0 aromatic heterocycles. The van der Waals surface area contributed by atoms with Crippen LogP contribution in [0.5, 0.6) is 0 Å². The van der Waals surface area contributed by atoms with Gasteiger partial charge in [-0.1, -0.05) is 30.3 Å². The first-order chi connectivity index (χ1) is 14.4. The van der Waals surface area contributed by atoms with Crippen LogP contribution in [0.1, 0.15) is 31.2 Å². The first kappa shape index (κ1) is 19.5. The molecule has 2 aliphatic heterocycles. The van der Waals surface area contributed by atoms with Gasteiger partial charge < -0.3 is 10.2 Å². The van der Waals surface area contributed by atoms with E-state index in [0.717, 1.165) is 0 Å². The van der Waals surface area contributed by atoms with E-state index in [-0.39, 0.29) is 22.5 Å². The number of fused-ring (bicyclic) bond motifs is 1. The first-order valence-electron chi connectivity index (χ1n) is 10.3. The Bertz CT molecular complexity index is 1090. The number of anilines is 1. The highest BCUT2D eigenvalue weighted by Crippen LogP contribution is 2.50. The first-order valence-corrected chi connectivity index (χ1v) is 11.8. The van der Waals surface area contributed by atoms with E-state index in [1.807, 2.05) is 11.0 Å². The van der Waals surface area contributed by atoms with Crippen LogP contribution in [-0.4, -0.2) is 38.5 Å². The van der Waals surface area contributed by atoms with Crippen molar-refractivity contribution in [3.63, 3.8) is 0 Å². The van der Waals surface area contributed by atoms with Gasteiger partial charge in [0.05, 0.1) is 17.3 Å². The molecule has 1 aliphatic carbocycles. The van der Waals surface area contributed by atoms with Crippen molar-refractivity contribution >= 4 is 21.6 Å². The fraction of sp³-hybridized carbons (Fsp3) is 0.409. The molecule has 1 amide bonds. The number of carbonyl (C=O) groups excluding carboxylic acids is 1. The number of amides is 1. The summed E-state index contributed by atoms with van der Waals surface area (Å²) in [4.78, 5) is 15.3. The maximum atomic E-state index is 14.3.